The van der Waals surface area contributed by atoms with E-state index in [1.165, 1.54) is 19.3 Å². The van der Waals surface area contributed by atoms with Crippen molar-refractivity contribution >= 4 is 0 Å². The molecule has 0 nitrogen and oxygen atoms in total. The minimum atomic E-state index is 0.533. The van der Waals surface area contributed by atoms with Gasteiger partial charge in [-0.15, -0.1) is 0 Å². The van der Waals surface area contributed by atoms with Crippen LogP contribution in [0.15, 0.2) is 0 Å². The van der Waals surface area contributed by atoms with E-state index in [1.54, 1.807) is 0 Å². The second-order valence-electron chi connectivity index (χ2n) is 5.29. The van der Waals surface area contributed by atoms with Crippen molar-refractivity contribution in [3.05, 3.63) is 0 Å². The fourth-order valence-electron chi connectivity index (χ4n) is 2.05. The Balaban J connectivity index is 2.70. The molecule has 66 valence electrons. The van der Waals surface area contributed by atoms with Crippen molar-refractivity contribution < 1.29 is 0 Å². The molecule has 0 radical (unpaired) electrons. The van der Waals surface area contributed by atoms with Crippen LogP contribution in [0, 0.1) is 16.7 Å². The molecule has 1 aliphatic carbocycles. The first-order valence-electron chi connectivity index (χ1n) is 4.90. The van der Waals surface area contributed by atoms with Crippen molar-refractivity contribution in [1.82, 2.24) is 0 Å². The Bertz CT molecular complexity index is 138. The van der Waals surface area contributed by atoms with E-state index in [0.717, 1.165) is 5.92 Å². The molecule has 0 spiro atoms. The lowest BCUT2D eigenvalue weighted by Gasteiger charge is -2.53. The summed E-state index contributed by atoms with van der Waals surface area (Å²) >= 11 is 0. The molecule has 0 N–H and O–H groups in total. The lowest BCUT2D eigenvalue weighted by molar-refractivity contribution is -0.0309. The molecule has 0 unspecified atom stereocenters. The SMILES string of the molecule is CC(C)C(C)(C)C1(C)CCC1. The van der Waals surface area contributed by atoms with Gasteiger partial charge >= 0.3 is 0 Å². The minimum absolute atomic E-state index is 0.533. The largest absolute Gasteiger partial charge is 0.0622 e. The van der Waals surface area contributed by atoms with Gasteiger partial charge in [0.25, 0.3) is 0 Å². The van der Waals surface area contributed by atoms with Gasteiger partial charge in [0.2, 0.25) is 0 Å². The van der Waals surface area contributed by atoms with Crippen LogP contribution in [0.2, 0.25) is 0 Å². The minimum Gasteiger partial charge on any atom is -0.0622 e. The summed E-state index contributed by atoms with van der Waals surface area (Å²) in [7, 11) is 0. The molecule has 11 heavy (non-hydrogen) atoms. The average Bonchev–Trinajstić information content (AvgIpc) is 1.82. The molecule has 0 aromatic rings. The Labute approximate surface area is 71.4 Å². The highest BCUT2D eigenvalue weighted by molar-refractivity contribution is 4.96. The Morgan fingerprint density at radius 2 is 1.64 bits per heavy atom. The monoisotopic (exact) mass is 154 g/mol. The Hall–Kier alpha value is 0. The van der Waals surface area contributed by atoms with Gasteiger partial charge in [0.1, 0.15) is 0 Å². The Morgan fingerprint density at radius 1 is 1.18 bits per heavy atom. The van der Waals surface area contributed by atoms with E-state index < -0.39 is 0 Å². The lowest BCUT2D eigenvalue weighted by atomic mass is 9.52. The molecule has 1 aliphatic rings. The molecule has 0 bridgehead atoms. The number of hydrogen-bond donors (Lipinski definition) is 0. The van der Waals surface area contributed by atoms with E-state index in [1.807, 2.05) is 0 Å². The van der Waals surface area contributed by atoms with Gasteiger partial charge < -0.3 is 0 Å². The molecule has 0 aromatic carbocycles. The van der Waals surface area contributed by atoms with Gasteiger partial charge in [0.05, 0.1) is 0 Å². The second kappa shape index (κ2) is 2.50. The van der Waals surface area contributed by atoms with Gasteiger partial charge in [-0.25, -0.2) is 0 Å². The van der Waals surface area contributed by atoms with Crippen LogP contribution in [0.4, 0.5) is 0 Å². The van der Waals surface area contributed by atoms with Crippen LogP contribution < -0.4 is 0 Å². The standard InChI is InChI=1S/C11H22/c1-9(2)10(3,4)11(5)7-6-8-11/h9H,6-8H2,1-5H3. The summed E-state index contributed by atoms with van der Waals surface area (Å²) in [6, 6.07) is 0. The van der Waals surface area contributed by atoms with Gasteiger partial charge in [-0.3, -0.25) is 0 Å². The van der Waals surface area contributed by atoms with E-state index in [2.05, 4.69) is 34.6 Å². The van der Waals surface area contributed by atoms with E-state index in [0.29, 0.717) is 10.8 Å². The quantitative estimate of drug-likeness (QED) is 0.566. The first-order chi connectivity index (χ1) is 4.90. The molecule has 0 saturated heterocycles. The predicted octanol–water partition coefficient (Wildman–Crippen LogP) is 3.86. The van der Waals surface area contributed by atoms with Crippen molar-refractivity contribution in [2.24, 2.45) is 16.7 Å². The first kappa shape index (κ1) is 9.09. The summed E-state index contributed by atoms with van der Waals surface area (Å²) in [5.41, 5.74) is 1.17. The normalized spacial score (nSPS) is 23.5. The van der Waals surface area contributed by atoms with Crippen molar-refractivity contribution in [3.8, 4) is 0 Å². The third-order valence-electron chi connectivity index (χ3n) is 4.46. The average molecular weight is 154 g/mol. The van der Waals surface area contributed by atoms with Crippen molar-refractivity contribution in [3.63, 3.8) is 0 Å². The highest BCUT2D eigenvalue weighted by atomic mass is 14.5. The molecule has 1 saturated carbocycles. The van der Waals surface area contributed by atoms with Gasteiger partial charge in [0.15, 0.2) is 0 Å². The third-order valence-corrected chi connectivity index (χ3v) is 4.46. The van der Waals surface area contributed by atoms with Crippen LogP contribution in [0.5, 0.6) is 0 Å². The molecule has 0 aliphatic heterocycles. The Morgan fingerprint density at radius 3 is 1.73 bits per heavy atom. The topological polar surface area (TPSA) is 0 Å². The highest BCUT2D eigenvalue weighted by Gasteiger charge is 2.46. The van der Waals surface area contributed by atoms with Gasteiger partial charge in [-0.05, 0) is 29.6 Å². The molecule has 1 fully saturated rings. The molecular formula is C11H22. The zero-order chi connectivity index (χ0) is 8.70. The maximum Gasteiger partial charge on any atom is -0.0272 e. The van der Waals surface area contributed by atoms with Crippen LogP contribution in [-0.4, -0.2) is 0 Å². The molecular weight excluding hydrogens is 132 g/mol. The van der Waals surface area contributed by atoms with Crippen molar-refractivity contribution in [2.75, 3.05) is 0 Å². The van der Waals surface area contributed by atoms with E-state index >= 15 is 0 Å². The molecule has 0 atom stereocenters. The highest BCUT2D eigenvalue weighted by Crippen LogP contribution is 2.56. The van der Waals surface area contributed by atoms with Crippen LogP contribution in [0.1, 0.15) is 53.9 Å². The maximum absolute atomic E-state index is 2.45. The van der Waals surface area contributed by atoms with Crippen LogP contribution in [0.25, 0.3) is 0 Å². The molecule has 1 rings (SSSR count). The Kier molecular flexibility index (Phi) is 2.07. The van der Waals surface area contributed by atoms with Crippen LogP contribution >= 0.6 is 0 Å². The summed E-state index contributed by atoms with van der Waals surface area (Å²) in [5, 5.41) is 0. The van der Waals surface area contributed by atoms with Gasteiger partial charge in [-0.2, -0.15) is 0 Å². The zero-order valence-corrected chi connectivity index (χ0v) is 8.70. The fraction of sp³-hybridized carbons (Fsp3) is 1.00. The summed E-state index contributed by atoms with van der Waals surface area (Å²) in [6.07, 6.45) is 4.34. The molecule has 0 aromatic heterocycles. The van der Waals surface area contributed by atoms with Crippen LogP contribution in [-0.2, 0) is 0 Å². The third kappa shape index (κ3) is 1.21. The summed E-state index contributed by atoms with van der Waals surface area (Å²) in [4.78, 5) is 0. The number of hydrogen-bond acceptors (Lipinski definition) is 0. The zero-order valence-electron chi connectivity index (χ0n) is 8.70. The first-order valence-corrected chi connectivity index (χ1v) is 4.90. The fourth-order valence-corrected chi connectivity index (χ4v) is 2.05. The van der Waals surface area contributed by atoms with Gasteiger partial charge in [0, 0.05) is 0 Å². The van der Waals surface area contributed by atoms with E-state index in [-0.39, 0.29) is 0 Å². The lowest BCUT2D eigenvalue weighted by Crippen LogP contribution is -2.44. The summed E-state index contributed by atoms with van der Waals surface area (Å²) < 4.78 is 0. The van der Waals surface area contributed by atoms with Crippen LogP contribution in [0.3, 0.4) is 0 Å². The predicted molar refractivity (Wildman–Crippen MR) is 50.6 cm³/mol. The molecule has 0 amide bonds. The van der Waals surface area contributed by atoms with Crippen molar-refractivity contribution in [2.45, 2.75) is 53.9 Å². The smallest absolute Gasteiger partial charge is 0.0272 e. The van der Waals surface area contributed by atoms with E-state index in [9.17, 15) is 0 Å². The van der Waals surface area contributed by atoms with Gasteiger partial charge in [-0.1, -0.05) is 41.0 Å². The summed E-state index contributed by atoms with van der Waals surface area (Å²) in [6.45, 7) is 12.0. The summed E-state index contributed by atoms with van der Waals surface area (Å²) in [5.74, 6) is 0.813. The molecule has 0 heteroatoms. The van der Waals surface area contributed by atoms with E-state index in [4.69, 9.17) is 0 Å². The van der Waals surface area contributed by atoms with Crippen molar-refractivity contribution in [1.29, 1.82) is 0 Å². The maximum atomic E-state index is 2.45. The second-order valence-corrected chi connectivity index (χ2v) is 5.29. The number of rotatable bonds is 2. The molecule has 0 heterocycles.